The van der Waals surface area contributed by atoms with Gasteiger partial charge in [0.25, 0.3) is 0 Å². The Balaban J connectivity index is 1.77. The first-order valence-electron chi connectivity index (χ1n) is 7.06. The highest BCUT2D eigenvalue weighted by Crippen LogP contribution is 2.15. The van der Waals surface area contributed by atoms with Crippen molar-refractivity contribution in [2.24, 2.45) is 0 Å². The van der Waals surface area contributed by atoms with Crippen molar-refractivity contribution in [1.29, 1.82) is 0 Å². The van der Waals surface area contributed by atoms with Crippen LogP contribution >= 0.6 is 11.6 Å². The molecular weight excluding hydrogens is 292 g/mol. The van der Waals surface area contributed by atoms with Crippen LogP contribution < -0.4 is 10.1 Å². The van der Waals surface area contributed by atoms with Crippen LogP contribution in [0.15, 0.2) is 24.3 Å². The van der Waals surface area contributed by atoms with E-state index in [4.69, 9.17) is 21.1 Å². The van der Waals surface area contributed by atoms with Crippen molar-refractivity contribution in [2.75, 3.05) is 33.4 Å². The van der Waals surface area contributed by atoms with Gasteiger partial charge >= 0.3 is 0 Å². The second-order valence-corrected chi connectivity index (χ2v) is 5.51. The first-order chi connectivity index (χ1) is 10.1. The average Bonchev–Trinajstić information content (AvgIpc) is 2.49. The third-order valence-corrected chi connectivity index (χ3v) is 3.72. The Bertz CT molecular complexity index is 466. The number of likely N-dealkylation sites (N-methyl/N-ethyl adjacent to an activating group) is 1. The zero-order valence-corrected chi connectivity index (χ0v) is 13.1. The number of morpholine rings is 1. The van der Waals surface area contributed by atoms with Gasteiger partial charge in [0, 0.05) is 18.6 Å². The fourth-order valence-electron chi connectivity index (χ4n) is 2.19. The number of halogens is 1. The monoisotopic (exact) mass is 312 g/mol. The Morgan fingerprint density at radius 1 is 1.48 bits per heavy atom. The summed E-state index contributed by atoms with van der Waals surface area (Å²) in [4.78, 5) is 14.0. The van der Waals surface area contributed by atoms with Gasteiger partial charge in [-0.05, 0) is 31.2 Å². The molecule has 0 bridgehead atoms. The number of rotatable bonds is 5. The summed E-state index contributed by atoms with van der Waals surface area (Å²) >= 11 is 5.81. The predicted molar refractivity (Wildman–Crippen MR) is 81.8 cm³/mol. The second kappa shape index (κ2) is 7.64. The summed E-state index contributed by atoms with van der Waals surface area (Å²) in [7, 11) is 1.77. The number of carbonyl (C=O) groups is 1. The molecule has 0 unspecified atom stereocenters. The minimum atomic E-state index is -0.278. The normalized spacial score (nSPS) is 21.9. The summed E-state index contributed by atoms with van der Waals surface area (Å²) in [5.74, 6) is 0.773. The van der Waals surface area contributed by atoms with Crippen LogP contribution in [0.3, 0.4) is 0 Å². The molecule has 1 aromatic carbocycles. The van der Waals surface area contributed by atoms with E-state index in [2.05, 4.69) is 5.32 Å². The predicted octanol–water partition coefficient (Wildman–Crippen LogP) is 1.55. The maximum atomic E-state index is 12.3. The van der Waals surface area contributed by atoms with Gasteiger partial charge in [-0.15, -0.1) is 0 Å². The number of hydrogen-bond donors (Lipinski definition) is 1. The maximum absolute atomic E-state index is 12.3. The van der Waals surface area contributed by atoms with Gasteiger partial charge in [-0.3, -0.25) is 4.79 Å². The van der Waals surface area contributed by atoms with Gasteiger partial charge in [-0.25, -0.2) is 0 Å². The van der Waals surface area contributed by atoms with E-state index in [9.17, 15) is 4.79 Å². The Kier molecular flexibility index (Phi) is 5.85. The molecule has 2 rings (SSSR count). The minimum absolute atomic E-state index is 0.0295. The number of nitrogens with zero attached hydrogens (tertiary/aromatic N) is 1. The lowest BCUT2D eigenvalue weighted by atomic mass is 10.1. The molecule has 5 nitrogen and oxygen atoms in total. The lowest BCUT2D eigenvalue weighted by Gasteiger charge is -2.32. The lowest BCUT2D eigenvalue weighted by molar-refractivity contribution is -0.138. The standard InChI is InChI=1S/C15H21ClN2O3/c1-11-14(17-7-9-20-11)15(19)18(2)8-10-21-13-5-3-12(16)4-6-13/h3-6,11,14,17H,7-10H2,1-2H3/t11-,14+/m1/s1. The SMILES string of the molecule is C[C@H]1OCCN[C@@H]1C(=O)N(C)CCOc1ccc(Cl)cc1. The molecule has 0 saturated carbocycles. The van der Waals surface area contributed by atoms with E-state index >= 15 is 0 Å². The molecule has 0 aliphatic carbocycles. The highest BCUT2D eigenvalue weighted by molar-refractivity contribution is 6.30. The van der Waals surface area contributed by atoms with Crippen molar-refractivity contribution in [3.63, 3.8) is 0 Å². The number of ether oxygens (including phenoxy) is 2. The molecule has 2 atom stereocenters. The minimum Gasteiger partial charge on any atom is -0.492 e. The molecule has 0 spiro atoms. The van der Waals surface area contributed by atoms with E-state index in [1.54, 1.807) is 24.1 Å². The van der Waals surface area contributed by atoms with Gasteiger partial charge in [-0.2, -0.15) is 0 Å². The third-order valence-electron chi connectivity index (χ3n) is 3.47. The van der Waals surface area contributed by atoms with E-state index in [1.165, 1.54) is 0 Å². The first kappa shape index (κ1) is 16.1. The molecule has 1 N–H and O–H groups in total. The first-order valence-corrected chi connectivity index (χ1v) is 7.44. The van der Waals surface area contributed by atoms with Gasteiger partial charge in [0.15, 0.2) is 0 Å². The smallest absolute Gasteiger partial charge is 0.242 e. The van der Waals surface area contributed by atoms with Crippen LogP contribution in [0.25, 0.3) is 0 Å². The van der Waals surface area contributed by atoms with Crippen LogP contribution in [0.1, 0.15) is 6.92 Å². The fraction of sp³-hybridized carbons (Fsp3) is 0.533. The number of amides is 1. The van der Waals surface area contributed by atoms with Crippen LogP contribution in [-0.4, -0.2) is 56.3 Å². The molecule has 6 heteroatoms. The number of benzene rings is 1. The van der Waals surface area contributed by atoms with Crippen LogP contribution in [0, 0.1) is 0 Å². The summed E-state index contributed by atoms with van der Waals surface area (Å²) in [6.07, 6.45) is -0.106. The Morgan fingerprint density at radius 3 is 2.86 bits per heavy atom. The Hall–Kier alpha value is -1.30. The summed E-state index contributed by atoms with van der Waals surface area (Å²) in [5.41, 5.74) is 0. The van der Waals surface area contributed by atoms with Crippen molar-refractivity contribution in [1.82, 2.24) is 10.2 Å². The topological polar surface area (TPSA) is 50.8 Å². The van der Waals surface area contributed by atoms with E-state index in [0.717, 1.165) is 5.75 Å². The molecule has 1 heterocycles. The Labute approximate surface area is 130 Å². The molecule has 0 aromatic heterocycles. The molecule has 1 aromatic rings. The zero-order valence-electron chi connectivity index (χ0n) is 12.3. The second-order valence-electron chi connectivity index (χ2n) is 5.07. The summed E-state index contributed by atoms with van der Waals surface area (Å²) in [5, 5.41) is 3.87. The largest absolute Gasteiger partial charge is 0.492 e. The number of carbonyl (C=O) groups excluding carboxylic acids is 1. The lowest BCUT2D eigenvalue weighted by Crippen LogP contribution is -2.56. The molecule has 1 amide bonds. The molecule has 1 saturated heterocycles. The van der Waals surface area contributed by atoms with Gasteiger partial charge in [0.1, 0.15) is 18.4 Å². The number of nitrogens with one attached hydrogen (secondary N) is 1. The highest BCUT2D eigenvalue weighted by Gasteiger charge is 2.30. The van der Waals surface area contributed by atoms with Crippen molar-refractivity contribution in [3.05, 3.63) is 29.3 Å². The molecular formula is C15H21ClN2O3. The van der Waals surface area contributed by atoms with E-state index in [-0.39, 0.29) is 18.1 Å². The highest BCUT2D eigenvalue weighted by atomic mass is 35.5. The molecule has 116 valence electrons. The summed E-state index contributed by atoms with van der Waals surface area (Å²) in [6, 6.07) is 6.89. The van der Waals surface area contributed by atoms with Gasteiger partial charge in [-0.1, -0.05) is 11.6 Å². The van der Waals surface area contributed by atoms with Crippen molar-refractivity contribution >= 4 is 17.5 Å². The van der Waals surface area contributed by atoms with Crippen LogP contribution in [0.4, 0.5) is 0 Å². The van der Waals surface area contributed by atoms with Gasteiger partial charge in [0.05, 0.1) is 19.3 Å². The zero-order chi connectivity index (χ0) is 15.2. The van der Waals surface area contributed by atoms with Crippen LogP contribution in [0.2, 0.25) is 5.02 Å². The average molecular weight is 313 g/mol. The quantitative estimate of drug-likeness (QED) is 0.896. The molecule has 1 fully saturated rings. The maximum Gasteiger partial charge on any atom is 0.242 e. The molecule has 1 aliphatic heterocycles. The van der Waals surface area contributed by atoms with Crippen LogP contribution in [0.5, 0.6) is 5.75 Å². The van der Waals surface area contributed by atoms with Gasteiger partial charge in [0.2, 0.25) is 5.91 Å². The third kappa shape index (κ3) is 4.59. The molecule has 21 heavy (non-hydrogen) atoms. The molecule has 0 radical (unpaired) electrons. The fourth-order valence-corrected chi connectivity index (χ4v) is 2.31. The molecule has 1 aliphatic rings. The van der Waals surface area contributed by atoms with Crippen molar-refractivity contribution in [2.45, 2.75) is 19.1 Å². The summed E-state index contributed by atoms with van der Waals surface area (Å²) in [6.45, 7) is 4.22. The summed E-state index contributed by atoms with van der Waals surface area (Å²) < 4.78 is 11.1. The van der Waals surface area contributed by atoms with Crippen molar-refractivity contribution in [3.8, 4) is 5.75 Å². The van der Waals surface area contributed by atoms with E-state index in [0.29, 0.717) is 31.3 Å². The Morgan fingerprint density at radius 2 is 2.19 bits per heavy atom. The van der Waals surface area contributed by atoms with Crippen LogP contribution in [-0.2, 0) is 9.53 Å². The van der Waals surface area contributed by atoms with E-state index in [1.807, 2.05) is 19.1 Å². The van der Waals surface area contributed by atoms with Gasteiger partial charge < -0.3 is 19.7 Å². The number of hydrogen-bond acceptors (Lipinski definition) is 4. The van der Waals surface area contributed by atoms with E-state index < -0.39 is 0 Å². The van der Waals surface area contributed by atoms with Crippen molar-refractivity contribution < 1.29 is 14.3 Å².